The number of pyridine rings is 1. The van der Waals surface area contributed by atoms with Crippen molar-refractivity contribution in [3.05, 3.63) is 42.2 Å². The second-order valence-corrected chi connectivity index (χ2v) is 4.44. The Morgan fingerprint density at radius 1 is 1.44 bits per heavy atom. The molecule has 0 saturated heterocycles. The summed E-state index contributed by atoms with van der Waals surface area (Å²) in [5, 5.41) is 3.50. The van der Waals surface area contributed by atoms with Crippen molar-refractivity contribution in [2.24, 2.45) is 5.92 Å². The first-order valence-corrected chi connectivity index (χ1v) is 5.90. The predicted octanol–water partition coefficient (Wildman–Crippen LogP) is 3.08. The van der Waals surface area contributed by atoms with E-state index >= 15 is 0 Å². The van der Waals surface area contributed by atoms with Crippen molar-refractivity contribution < 1.29 is 0 Å². The van der Waals surface area contributed by atoms with Gasteiger partial charge in [0.1, 0.15) is 0 Å². The minimum Gasteiger partial charge on any atom is -0.308 e. The number of nitrogens with zero attached hydrogens (tertiary/aromatic N) is 1. The van der Waals surface area contributed by atoms with Crippen LogP contribution in [0, 0.1) is 12.8 Å². The minimum absolute atomic E-state index is 0.486. The smallest absolute Gasteiger partial charge is 0.0544 e. The number of rotatable bonds is 6. The zero-order chi connectivity index (χ0) is 12.0. The highest BCUT2D eigenvalue weighted by Crippen LogP contribution is 2.08. The quantitative estimate of drug-likeness (QED) is 0.742. The Labute approximate surface area is 98.8 Å². The molecule has 1 N–H and O–H groups in total. The number of allylic oxidation sites excluding steroid dienone is 1. The fourth-order valence-corrected chi connectivity index (χ4v) is 1.63. The molecule has 0 aliphatic heterocycles. The molecule has 1 aromatic rings. The van der Waals surface area contributed by atoms with Gasteiger partial charge < -0.3 is 5.32 Å². The van der Waals surface area contributed by atoms with Crippen molar-refractivity contribution in [2.75, 3.05) is 0 Å². The first-order valence-electron chi connectivity index (χ1n) is 5.90. The molecular weight excluding hydrogens is 196 g/mol. The van der Waals surface area contributed by atoms with E-state index in [0.717, 1.165) is 24.4 Å². The molecule has 0 fully saturated rings. The fraction of sp³-hybridized carbons (Fsp3) is 0.500. The maximum atomic E-state index is 4.47. The van der Waals surface area contributed by atoms with Crippen molar-refractivity contribution in [3.8, 4) is 0 Å². The molecule has 2 unspecified atom stereocenters. The number of nitrogens with one attached hydrogen (secondary N) is 1. The monoisotopic (exact) mass is 218 g/mol. The SMILES string of the molecule is C=CCC(C)C(C)NCc1cccc(C)n1. The summed E-state index contributed by atoms with van der Waals surface area (Å²) in [7, 11) is 0. The molecule has 2 atom stereocenters. The van der Waals surface area contributed by atoms with Crippen LogP contribution < -0.4 is 5.32 Å². The lowest BCUT2D eigenvalue weighted by molar-refractivity contribution is 0.400. The molecule has 2 nitrogen and oxygen atoms in total. The van der Waals surface area contributed by atoms with E-state index in [1.54, 1.807) is 0 Å². The van der Waals surface area contributed by atoms with Gasteiger partial charge in [0.2, 0.25) is 0 Å². The molecule has 0 amide bonds. The topological polar surface area (TPSA) is 24.9 Å². The molecule has 0 bridgehead atoms. The Balaban J connectivity index is 2.42. The van der Waals surface area contributed by atoms with Gasteiger partial charge >= 0.3 is 0 Å². The van der Waals surface area contributed by atoms with E-state index in [9.17, 15) is 0 Å². The van der Waals surface area contributed by atoms with Crippen LogP contribution in [0.2, 0.25) is 0 Å². The molecular formula is C14H22N2. The van der Waals surface area contributed by atoms with Crippen LogP contribution in [0.1, 0.15) is 31.7 Å². The molecule has 0 aliphatic rings. The second kappa shape index (κ2) is 6.44. The highest BCUT2D eigenvalue weighted by Gasteiger charge is 2.09. The average Bonchev–Trinajstić information content (AvgIpc) is 2.26. The number of aryl methyl sites for hydroxylation is 1. The Morgan fingerprint density at radius 3 is 2.81 bits per heavy atom. The lowest BCUT2D eigenvalue weighted by atomic mass is 10.00. The first kappa shape index (κ1) is 12.9. The van der Waals surface area contributed by atoms with Crippen molar-refractivity contribution in [1.82, 2.24) is 10.3 Å². The lowest BCUT2D eigenvalue weighted by Crippen LogP contribution is -2.31. The molecule has 16 heavy (non-hydrogen) atoms. The highest BCUT2D eigenvalue weighted by molar-refractivity contribution is 5.09. The van der Waals surface area contributed by atoms with Crippen LogP contribution in [-0.2, 0) is 6.54 Å². The van der Waals surface area contributed by atoms with Gasteiger partial charge in [-0.15, -0.1) is 6.58 Å². The van der Waals surface area contributed by atoms with Gasteiger partial charge in [0, 0.05) is 18.3 Å². The van der Waals surface area contributed by atoms with Crippen LogP contribution in [0.5, 0.6) is 0 Å². The van der Waals surface area contributed by atoms with Gasteiger partial charge in [0.05, 0.1) is 5.69 Å². The van der Waals surface area contributed by atoms with E-state index in [2.05, 4.69) is 42.9 Å². The molecule has 0 radical (unpaired) electrons. The molecule has 2 heteroatoms. The molecule has 0 spiro atoms. The normalized spacial score (nSPS) is 14.4. The van der Waals surface area contributed by atoms with Gasteiger partial charge in [-0.2, -0.15) is 0 Å². The van der Waals surface area contributed by atoms with Crippen LogP contribution >= 0.6 is 0 Å². The molecule has 88 valence electrons. The predicted molar refractivity (Wildman–Crippen MR) is 69.3 cm³/mol. The fourth-order valence-electron chi connectivity index (χ4n) is 1.63. The summed E-state index contributed by atoms with van der Waals surface area (Å²) in [6, 6.07) is 6.62. The van der Waals surface area contributed by atoms with Gasteiger partial charge in [-0.25, -0.2) is 0 Å². The van der Waals surface area contributed by atoms with E-state index in [4.69, 9.17) is 0 Å². The maximum absolute atomic E-state index is 4.47. The number of hydrogen-bond donors (Lipinski definition) is 1. The zero-order valence-corrected chi connectivity index (χ0v) is 10.5. The molecule has 0 aliphatic carbocycles. The van der Waals surface area contributed by atoms with E-state index in [1.807, 2.05) is 19.1 Å². The molecule has 1 rings (SSSR count). The van der Waals surface area contributed by atoms with Crippen LogP contribution in [0.4, 0.5) is 0 Å². The summed E-state index contributed by atoms with van der Waals surface area (Å²) in [6.45, 7) is 11.1. The summed E-state index contributed by atoms with van der Waals surface area (Å²) in [6.07, 6.45) is 3.03. The number of hydrogen-bond acceptors (Lipinski definition) is 2. The summed E-state index contributed by atoms with van der Waals surface area (Å²) in [4.78, 5) is 4.47. The van der Waals surface area contributed by atoms with Crippen LogP contribution in [0.25, 0.3) is 0 Å². The largest absolute Gasteiger partial charge is 0.308 e. The third kappa shape index (κ3) is 4.15. The molecule has 1 heterocycles. The third-order valence-electron chi connectivity index (χ3n) is 2.94. The highest BCUT2D eigenvalue weighted by atomic mass is 14.9. The van der Waals surface area contributed by atoms with Crippen molar-refractivity contribution in [2.45, 2.75) is 39.8 Å². The Morgan fingerprint density at radius 2 is 2.19 bits per heavy atom. The van der Waals surface area contributed by atoms with Gasteiger partial charge in [0.25, 0.3) is 0 Å². The Bertz CT molecular complexity index is 333. The molecule has 0 saturated carbocycles. The van der Waals surface area contributed by atoms with Crippen LogP contribution in [0.15, 0.2) is 30.9 Å². The average molecular weight is 218 g/mol. The molecule has 0 aromatic carbocycles. The van der Waals surface area contributed by atoms with Crippen molar-refractivity contribution >= 4 is 0 Å². The summed E-state index contributed by atoms with van der Waals surface area (Å²) in [5.41, 5.74) is 2.18. The van der Waals surface area contributed by atoms with Gasteiger partial charge in [0.15, 0.2) is 0 Å². The Hall–Kier alpha value is -1.15. The van der Waals surface area contributed by atoms with Gasteiger partial charge in [-0.3, -0.25) is 4.98 Å². The second-order valence-electron chi connectivity index (χ2n) is 4.44. The van der Waals surface area contributed by atoms with Crippen LogP contribution in [-0.4, -0.2) is 11.0 Å². The summed E-state index contributed by atoms with van der Waals surface area (Å²) in [5.74, 6) is 0.613. The van der Waals surface area contributed by atoms with E-state index < -0.39 is 0 Å². The standard InChI is InChI=1S/C14H22N2/c1-5-7-11(2)13(4)15-10-14-9-6-8-12(3)16-14/h5-6,8-9,11,13,15H,1,7,10H2,2-4H3. The zero-order valence-electron chi connectivity index (χ0n) is 10.5. The molecule has 1 aromatic heterocycles. The van der Waals surface area contributed by atoms with E-state index in [0.29, 0.717) is 12.0 Å². The van der Waals surface area contributed by atoms with E-state index in [1.165, 1.54) is 0 Å². The van der Waals surface area contributed by atoms with E-state index in [-0.39, 0.29) is 0 Å². The van der Waals surface area contributed by atoms with Gasteiger partial charge in [-0.1, -0.05) is 19.1 Å². The maximum Gasteiger partial charge on any atom is 0.0544 e. The minimum atomic E-state index is 0.486. The summed E-state index contributed by atoms with van der Waals surface area (Å²) < 4.78 is 0. The lowest BCUT2D eigenvalue weighted by Gasteiger charge is -2.19. The van der Waals surface area contributed by atoms with Crippen LogP contribution in [0.3, 0.4) is 0 Å². The van der Waals surface area contributed by atoms with Crippen molar-refractivity contribution in [1.29, 1.82) is 0 Å². The third-order valence-corrected chi connectivity index (χ3v) is 2.94. The van der Waals surface area contributed by atoms with Gasteiger partial charge in [-0.05, 0) is 38.3 Å². The van der Waals surface area contributed by atoms with Crippen molar-refractivity contribution in [3.63, 3.8) is 0 Å². The Kier molecular flexibility index (Phi) is 5.20. The first-order chi connectivity index (χ1) is 7.63. The number of aromatic nitrogens is 1. The summed E-state index contributed by atoms with van der Waals surface area (Å²) >= 11 is 0.